The summed E-state index contributed by atoms with van der Waals surface area (Å²) in [5.41, 5.74) is 0. The zero-order chi connectivity index (χ0) is 12.9. The number of carboxylic acid groups (broad SMARTS) is 3. The predicted molar refractivity (Wildman–Crippen MR) is 57.1 cm³/mol. The lowest BCUT2D eigenvalue weighted by atomic mass is 10.7. The van der Waals surface area contributed by atoms with Crippen LogP contribution in [-0.4, -0.2) is 38.7 Å². The van der Waals surface area contributed by atoms with Crippen molar-refractivity contribution in [3.8, 4) is 0 Å². The Morgan fingerprint density at radius 1 is 0.688 bits per heavy atom. The molecule has 0 unspecified atom stereocenters. The van der Waals surface area contributed by atoms with E-state index in [1.807, 2.05) is 0 Å². The normalized spacial score (nSPS) is 6.00. The Morgan fingerprint density at radius 3 is 0.750 bits per heavy atom. The average Bonchev–Trinajstić information content (AvgIpc) is 2.19. The number of rotatable bonds is 3. The van der Waals surface area contributed by atoms with Crippen LogP contribution in [-0.2, 0) is 14.4 Å². The SMILES string of the molecule is C=CC(=O)O.C=CC(=O)O.C=CC(=O)O.O. The van der Waals surface area contributed by atoms with Crippen LogP contribution in [0.4, 0.5) is 0 Å². The fourth-order valence-corrected chi connectivity index (χ4v) is 0. The van der Waals surface area contributed by atoms with E-state index in [-0.39, 0.29) is 5.48 Å². The highest BCUT2D eigenvalue weighted by Gasteiger charge is 1.74. The van der Waals surface area contributed by atoms with E-state index in [2.05, 4.69) is 19.7 Å². The fraction of sp³-hybridized carbons (Fsp3) is 0. The lowest BCUT2D eigenvalue weighted by molar-refractivity contribution is -0.132. The number of hydrogen-bond acceptors (Lipinski definition) is 3. The Hall–Kier alpha value is -2.41. The molecule has 0 heterocycles. The summed E-state index contributed by atoms with van der Waals surface area (Å²) in [6.45, 7) is 8.88. The summed E-state index contributed by atoms with van der Waals surface area (Å²) in [4.78, 5) is 27.8. The van der Waals surface area contributed by atoms with E-state index in [1.165, 1.54) is 0 Å². The summed E-state index contributed by atoms with van der Waals surface area (Å²) in [7, 11) is 0. The molecule has 5 N–H and O–H groups in total. The van der Waals surface area contributed by atoms with Crippen molar-refractivity contribution in [2.45, 2.75) is 0 Å². The molecule has 0 radical (unpaired) electrons. The first-order chi connectivity index (χ1) is 6.81. The standard InChI is InChI=1S/3C3H4O2.H2O/c3*1-2-3(4)5;/h3*2H,1H2,(H,4,5);1H2. The molecule has 0 rings (SSSR count). The van der Waals surface area contributed by atoms with Crippen LogP contribution >= 0.6 is 0 Å². The largest absolute Gasteiger partial charge is 0.478 e. The van der Waals surface area contributed by atoms with Gasteiger partial charge in [0.25, 0.3) is 0 Å². The van der Waals surface area contributed by atoms with Crippen LogP contribution in [0.25, 0.3) is 0 Å². The van der Waals surface area contributed by atoms with Gasteiger partial charge in [0.1, 0.15) is 0 Å². The lowest BCUT2D eigenvalue weighted by Gasteiger charge is -1.64. The van der Waals surface area contributed by atoms with Crippen LogP contribution in [0.15, 0.2) is 38.0 Å². The third-order valence-corrected chi connectivity index (χ3v) is 0.524. The summed E-state index contributed by atoms with van der Waals surface area (Å²) in [6, 6.07) is 0. The smallest absolute Gasteiger partial charge is 0.327 e. The van der Waals surface area contributed by atoms with Gasteiger partial charge in [-0.2, -0.15) is 0 Å². The second-order valence-corrected chi connectivity index (χ2v) is 1.63. The van der Waals surface area contributed by atoms with E-state index in [4.69, 9.17) is 15.3 Å². The summed E-state index contributed by atoms with van der Waals surface area (Å²) in [5.74, 6) is -2.94. The zero-order valence-corrected chi connectivity index (χ0v) is 8.42. The van der Waals surface area contributed by atoms with Crippen molar-refractivity contribution < 1.29 is 35.2 Å². The molecular formula is C9H14O7. The van der Waals surface area contributed by atoms with Gasteiger partial charge in [0, 0.05) is 18.2 Å². The maximum atomic E-state index is 9.25. The molecule has 0 saturated carbocycles. The topological polar surface area (TPSA) is 143 Å². The van der Waals surface area contributed by atoms with Gasteiger partial charge in [-0.3, -0.25) is 0 Å². The van der Waals surface area contributed by atoms with Crippen molar-refractivity contribution in [1.82, 2.24) is 0 Å². The molecule has 92 valence electrons. The molecule has 0 aromatic carbocycles. The average molecular weight is 234 g/mol. The summed E-state index contributed by atoms with van der Waals surface area (Å²) >= 11 is 0. The van der Waals surface area contributed by atoms with E-state index in [1.54, 1.807) is 0 Å². The quantitative estimate of drug-likeness (QED) is 0.584. The molecule has 0 aliphatic rings. The van der Waals surface area contributed by atoms with Crippen molar-refractivity contribution in [3.63, 3.8) is 0 Å². The summed E-state index contributed by atoms with van der Waals surface area (Å²) in [6.07, 6.45) is 2.50. The summed E-state index contributed by atoms with van der Waals surface area (Å²) < 4.78 is 0. The molecular weight excluding hydrogens is 220 g/mol. The predicted octanol–water partition coefficient (Wildman–Crippen LogP) is -0.0537. The van der Waals surface area contributed by atoms with Crippen LogP contribution in [0.3, 0.4) is 0 Å². The van der Waals surface area contributed by atoms with Gasteiger partial charge in [-0.15, -0.1) is 0 Å². The van der Waals surface area contributed by atoms with Gasteiger partial charge in [0.2, 0.25) is 0 Å². The van der Waals surface area contributed by atoms with E-state index >= 15 is 0 Å². The molecule has 0 atom stereocenters. The molecule has 0 aliphatic carbocycles. The summed E-state index contributed by atoms with van der Waals surface area (Å²) in [5, 5.41) is 22.8. The van der Waals surface area contributed by atoms with Crippen molar-refractivity contribution in [3.05, 3.63) is 38.0 Å². The fourth-order valence-electron chi connectivity index (χ4n) is 0. The van der Waals surface area contributed by atoms with E-state index < -0.39 is 17.9 Å². The minimum Gasteiger partial charge on any atom is -0.478 e. The monoisotopic (exact) mass is 234 g/mol. The van der Waals surface area contributed by atoms with Crippen LogP contribution in [0, 0.1) is 0 Å². The minimum atomic E-state index is -0.981. The minimum absolute atomic E-state index is 0. The van der Waals surface area contributed by atoms with Gasteiger partial charge >= 0.3 is 17.9 Å². The lowest BCUT2D eigenvalue weighted by Crippen LogP contribution is -1.82. The first-order valence-electron chi connectivity index (χ1n) is 3.37. The highest BCUT2D eigenvalue weighted by atomic mass is 16.4. The third-order valence-electron chi connectivity index (χ3n) is 0.524. The first kappa shape index (κ1) is 23.4. The Morgan fingerprint density at radius 2 is 0.750 bits per heavy atom. The van der Waals surface area contributed by atoms with Gasteiger partial charge in [0.15, 0.2) is 0 Å². The molecule has 0 amide bonds. The van der Waals surface area contributed by atoms with Crippen molar-refractivity contribution in [2.75, 3.05) is 0 Å². The molecule has 7 heteroatoms. The second kappa shape index (κ2) is 18.4. The Bertz CT molecular complexity index is 212. The molecule has 7 nitrogen and oxygen atoms in total. The number of aliphatic carboxylic acids is 3. The number of carboxylic acids is 3. The first-order valence-corrected chi connectivity index (χ1v) is 3.37. The highest BCUT2D eigenvalue weighted by Crippen LogP contribution is 1.55. The van der Waals surface area contributed by atoms with Crippen molar-refractivity contribution >= 4 is 17.9 Å². The van der Waals surface area contributed by atoms with Crippen LogP contribution in [0.1, 0.15) is 0 Å². The Labute approximate surface area is 91.9 Å². The van der Waals surface area contributed by atoms with Gasteiger partial charge in [-0.1, -0.05) is 19.7 Å². The van der Waals surface area contributed by atoms with E-state index in [0.29, 0.717) is 0 Å². The van der Waals surface area contributed by atoms with E-state index in [9.17, 15) is 14.4 Å². The third kappa shape index (κ3) is 101. The molecule has 0 aromatic heterocycles. The molecule has 0 bridgehead atoms. The van der Waals surface area contributed by atoms with E-state index in [0.717, 1.165) is 18.2 Å². The second-order valence-electron chi connectivity index (χ2n) is 1.63. The van der Waals surface area contributed by atoms with Gasteiger partial charge in [-0.05, 0) is 0 Å². The molecule has 0 aliphatic heterocycles. The molecule has 0 spiro atoms. The maximum Gasteiger partial charge on any atom is 0.327 e. The molecule has 0 saturated heterocycles. The van der Waals surface area contributed by atoms with Gasteiger partial charge in [-0.25, -0.2) is 14.4 Å². The van der Waals surface area contributed by atoms with Crippen molar-refractivity contribution in [2.24, 2.45) is 0 Å². The molecule has 0 aromatic rings. The van der Waals surface area contributed by atoms with Crippen LogP contribution < -0.4 is 0 Å². The van der Waals surface area contributed by atoms with Gasteiger partial charge in [0.05, 0.1) is 0 Å². The maximum absolute atomic E-state index is 9.25. The number of hydrogen-bond donors (Lipinski definition) is 3. The highest BCUT2D eigenvalue weighted by molar-refractivity contribution is 5.79. The van der Waals surface area contributed by atoms with Crippen LogP contribution in [0.5, 0.6) is 0 Å². The molecule has 16 heavy (non-hydrogen) atoms. The van der Waals surface area contributed by atoms with Crippen LogP contribution in [0.2, 0.25) is 0 Å². The zero-order valence-electron chi connectivity index (χ0n) is 8.42. The number of carbonyl (C=O) groups is 3. The Kier molecular flexibility index (Phi) is 26.9. The molecule has 0 fully saturated rings. The van der Waals surface area contributed by atoms with Crippen molar-refractivity contribution in [1.29, 1.82) is 0 Å². The Balaban J connectivity index is -0.0000000655. The van der Waals surface area contributed by atoms with Gasteiger partial charge < -0.3 is 20.8 Å².